The maximum absolute atomic E-state index is 12.1. The Morgan fingerprint density at radius 1 is 1.30 bits per heavy atom. The van der Waals surface area contributed by atoms with E-state index in [2.05, 4.69) is 29.6 Å². The third kappa shape index (κ3) is 4.64. The Hall–Kier alpha value is -1.35. The lowest BCUT2D eigenvalue weighted by Gasteiger charge is -2.31. The van der Waals surface area contributed by atoms with Crippen LogP contribution in [0.2, 0.25) is 0 Å². The van der Waals surface area contributed by atoms with Gasteiger partial charge < -0.3 is 10.1 Å². The summed E-state index contributed by atoms with van der Waals surface area (Å²) >= 11 is 0. The fourth-order valence-electron chi connectivity index (χ4n) is 2.68. The molecule has 1 fully saturated rings. The SMILES string of the molecule is CC(C)(C)OC(=O)[C@@H]1C[C@H](Cc2ccccc2)CCN1. The molecule has 110 valence electrons. The molecule has 1 saturated heterocycles. The second-order valence-electron chi connectivity index (χ2n) is 6.62. The van der Waals surface area contributed by atoms with Crippen molar-refractivity contribution in [3.05, 3.63) is 35.9 Å². The van der Waals surface area contributed by atoms with Gasteiger partial charge in [0.2, 0.25) is 0 Å². The molecule has 0 aliphatic carbocycles. The van der Waals surface area contributed by atoms with E-state index in [0.717, 1.165) is 25.8 Å². The van der Waals surface area contributed by atoms with E-state index in [9.17, 15) is 4.79 Å². The highest BCUT2D eigenvalue weighted by Crippen LogP contribution is 2.22. The molecule has 2 atom stereocenters. The molecule has 1 N–H and O–H groups in total. The zero-order chi connectivity index (χ0) is 14.6. The maximum Gasteiger partial charge on any atom is 0.323 e. The highest BCUT2D eigenvalue weighted by molar-refractivity contribution is 5.76. The molecule has 0 radical (unpaired) electrons. The lowest BCUT2D eigenvalue weighted by Crippen LogP contribution is -2.46. The lowest BCUT2D eigenvalue weighted by atomic mass is 9.87. The van der Waals surface area contributed by atoms with Gasteiger partial charge in [0.25, 0.3) is 0 Å². The van der Waals surface area contributed by atoms with Crippen LogP contribution in [-0.4, -0.2) is 24.2 Å². The Kier molecular flexibility index (Phi) is 4.81. The molecule has 3 heteroatoms. The summed E-state index contributed by atoms with van der Waals surface area (Å²) in [7, 11) is 0. The van der Waals surface area contributed by atoms with Crippen LogP contribution in [0.1, 0.15) is 39.2 Å². The molecule has 0 saturated carbocycles. The van der Waals surface area contributed by atoms with Crippen LogP contribution < -0.4 is 5.32 Å². The maximum atomic E-state index is 12.1. The number of rotatable bonds is 3. The van der Waals surface area contributed by atoms with Gasteiger partial charge in [-0.05, 0) is 58.1 Å². The standard InChI is InChI=1S/C17H25NO2/c1-17(2,3)20-16(19)15-12-14(9-10-18-15)11-13-7-5-4-6-8-13/h4-8,14-15,18H,9-12H2,1-3H3/t14-,15-/m0/s1. The molecule has 20 heavy (non-hydrogen) atoms. The van der Waals surface area contributed by atoms with E-state index in [1.165, 1.54) is 5.56 Å². The van der Waals surface area contributed by atoms with Crippen molar-refractivity contribution in [1.29, 1.82) is 0 Å². The number of ether oxygens (including phenoxy) is 1. The Morgan fingerprint density at radius 2 is 2.00 bits per heavy atom. The number of esters is 1. The molecule has 0 unspecified atom stereocenters. The number of carbonyl (C=O) groups is 1. The van der Waals surface area contributed by atoms with E-state index in [-0.39, 0.29) is 12.0 Å². The van der Waals surface area contributed by atoms with Crippen molar-refractivity contribution in [2.45, 2.75) is 51.7 Å². The van der Waals surface area contributed by atoms with E-state index in [4.69, 9.17) is 4.74 Å². The Morgan fingerprint density at radius 3 is 2.65 bits per heavy atom. The van der Waals surface area contributed by atoms with Crippen molar-refractivity contribution in [1.82, 2.24) is 5.32 Å². The minimum absolute atomic E-state index is 0.115. The van der Waals surface area contributed by atoms with Gasteiger partial charge in [-0.25, -0.2) is 0 Å². The van der Waals surface area contributed by atoms with Gasteiger partial charge in [-0.15, -0.1) is 0 Å². The van der Waals surface area contributed by atoms with Gasteiger partial charge in [0, 0.05) is 0 Å². The van der Waals surface area contributed by atoms with Crippen molar-refractivity contribution in [2.75, 3.05) is 6.54 Å². The predicted molar refractivity (Wildman–Crippen MR) is 80.5 cm³/mol. The number of nitrogens with one attached hydrogen (secondary N) is 1. The van der Waals surface area contributed by atoms with Crippen LogP contribution in [0.5, 0.6) is 0 Å². The first-order valence-electron chi connectivity index (χ1n) is 7.44. The molecule has 0 aromatic heterocycles. The van der Waals surface area contributed by atoms with E-state index in [0.29, 0.717) is 5.92 Å². The number of benzene rings is 1. The highest BCUT2D eigenvalue weighted by atomic mass is 16.6. The number of hydrogen-bond donors (Lipinski definition) is 1. The van der Waals surface area contributed by atoms with Crippen molar-refractivity contribution in [3.8, 4) is 0 Å². The average Bonchev–Trinajstić information content (AvgIpc) is 2.38. The summed E-state index contributed by atoms with van der Waals surface area (Å²) in [5.41, 5.74) is 0.938. The van der Waals surface area contributed by atoms with Crippen LogP contribution in [0.4, 0.5) is 0 Å². The predicted octanol–water partition coefficient (Wildman–Crippen LogP) is 2.94. The summed E-state index contributed by atoms with van der Waals surface area (Å²) < 4.78 is 5.47. The van der Waals surface area contributed by atoms with Gasteiger partial charge in [0.1, 0.15) is 11.6 Å². The largest absolute Gasteiger partial charge is 0.459 e. The summed E-state index contributed by atoms with van der Waals surface area (Å²) in [5.74, 6) is 0.437. The molecule has 1 aliphatic rings. The quantitative estimate of drug-likeness (QED) is 0.862. The summed E-state index contributed by atoms with van der Waals surface area (Å²) in [6.07, 6.45) is 3.03. The third-order valence-electron chi connectivity index (χ3n) is 3.57. The Balaban J connectivity index is 1.90. The summed E-state index contributed by atoms with van der Waals surface area (Å²) in [6.45, 7) is 6.63. The van der Waals surface area contributed by atoms with Crippen molar-refractivity contribution in [2.24, 2.45) is 5.92 Å². The zero-order valence-electron chi connectivity index (χ0n) is 12.7. The Labute approximate surface area is 121 Å². The smallest absolute Gasteiger partial charge is 0.323 e. The molecule has 2 rings (SSSR count). The van der Waals surface area contributed by atoms with Crippen LogP contribution >= 0.6 is 0 Å². The second kappa shape index (κ2) is 6.40. The van der Waals surface area contributed by atoms with Crippen LogP contribution in [0.25, 0.3) is 0 Å². The number of piperidine rings is 1. The fourth-order valence-corrected chi connectivity index (χ4v) is 2.68. The Bertz CT molecular complexity index is 436. The topological polar surface area (TPSA) is 38.3 Å². The summed E-state index contributed by atoms with van der Waals surface area (Å²) in [6, 6.07) is 10.3. The minimum Gasteiger partial charge on any atom is -0.459 e. The van der Waals surface area contributed by atoms with E-state index < -0.39 is 5.60 Å². The van der Waals surface area contributed by atoms with Crippen LogP contribution in [0.3, 0.4) is 0 Å². The fraction of sp³-hybridized carbons (Fsp3) is 0.588. The van der Waals surface area contributed by atoms with E-state index in [1.807, 2.05) is 26.8 Å². The molecule has 1 heterocycles. The van der Waals surface area contributed by atoms with E-state index >= 15 is 0 Å². The lowest BCUT2D eigenvalue weighted by molar-refractivity contribution is -0.158. The molecule has 1 aromatic carbocycles. The minimum atomic E-state index is -0.412. The van der Waals surface area contributed by atoms with E-state index in [1.54, 1.807) is 0 Å². The monoisotopic (exact) mass is 275 g/mol. The highest BCUT2D eigenvalue weighted by Gasteiger charge is 2.30. The molecular formula is C17H25NO2. The first-order chi connectivity index (χ1) is 9.44. The van der Waals surface area contributed by atoms with Gasteiger partial charge in [-0.1, -0.05) is 30.3 Å². The third-order valence-corrected chi connectivity index (χ3v) is 3.57. The molecule has 3 nitrogen and oxygen atoms in total. The molecule has 1 aromatic rings. The first kappa shape index (κ1) is 15.0. The zero-order valence-corrected chi connectivity index (χ0v) is 12.7. The second-order valence-corrected chi connectivity index (χ2v) is 6.62. The first-order valence-corrected chi connectivity index (χ1v) is 7.44. The van der Waals surface area contributed by atoms with Crippen LogP contribution in [0, 0.1) is 5.92 Å². The average molecular weight is 275 g/mol. The molecule has 1 aliphatic heterocycles. The van der Waals surface area contributed by atoms with Gasteiger partial charge in [0.15, 0.2) is 0 Å². The van der Waals surface area contributed by atoms with Crippen LogP contribution in [-0.2, 0) is 16.0 Å². The summed E-state index contributed by atoms with van der Waals surface area (Å²) in [5, 5.41) is 3.28. The molecule has 0 bridgehead atoms. The van der Waals surface area contributed by atoms with Crippen molar-refractivity contribution >= 4 is 5.97 Å². The van der Waals surface area contributed by atoms with Gasteiger partial charge in [0.05, 0.1) is 0 Å². The molecule has 0 spiro atoms. The summed E-state index contributed by atoms with van der Waals surface area (Å²) in [4.78, 5) is 12.1. The van der Waals surface area contributed by atoms with Gasteiger partial charge in [-0.2, -0.15) is 0 Å². The molecular weight excluding hydrogens is 250 g/mol. The van der Waals surface area contributed by atoms with Gasteiger partial charge >= 0.3 is 5.97 Å². The normalized spacial score (nSPS) is 23.4. The van der Waals surface area contributed by atoms with Gasteiger partial charge in [-0.3, -0.25) is 4.79 Å². The number of hydrogen-bond acceptors (Lipinski definition) is 3. The number of carbonyl (C=O) groups excluding carboxylic acids is 1. The van der Waals surface area contributed by atoms with Crippen molar-refractivity contribution in [3.63, 3.8) is 0 Å². The van der Waals surface area contributed by atoms with Crippen molar-refractivity contribution < 1.29 is 9.53 Å². The van der Waals surface area contributed by atoms with Crippen LogP contribution in [0.15, 0.2) is 30.3 Å². The molecule has 0 amide bonds.